The molecule has 4 aromatic rings. The quantitative estimate of drug-likeness (QED) is 0.296. The number of rotatable bonds is 5. The maximum absolute atomic E-state index is 12.4. The molecular formula is C27H21N5O3. The summed E-state index contributed by atoms with van der Waals surface area (Å²) in [7, 11) is 0. The van der Waals surface area contributed by atoms with Gasteiger partial charge in [0.05, 0.1) is 17.6 Å². The number of fused-ring (bicyclic) bond motifs is 1. The summed E-state index contributed by atoms with van der Waals surface area (Å²) in [5, 5.41) is 24.5. The number of allylic oxidation sites excluding steroid dienone is 1. The largest absolute Gasteiger partial charge is 0.507 e. The van der Waals surface area contributed by atoms with Gasteiger partial charge in [0, 0.05) is 28.5 Å². The van der Waals surface area contributed by atoms with Crippen molar-refractivity contribution in [3.8, 4) is 17.3 Å². The molecule has 1 amide bonds. The number of nitrogens with zero attached hydrogens (tertiary/aromatic N) is 4. The average molecular weight is 463 g/mol. The number of hydrazone groups is 1. The molecule has 0 unspecified atom stereocenters. The highest BCUT2D eigenvalue weighted by Crippen LogP contribution is 2.34. The van der Waals surface area contributed by atoms with E-state index < -0.39 is 5.91 Å². The van der Waals surface area contributed by atoms with Gasteiger partial charge in [-0.1, -0.05) is 30.3 Å². The van der Waals surface area contributed by atoms with Crippen molar-refractivity contribution in [2.45, 2.75) is 6.92 Å². The predicted octanol–water partition coefficient (Wildman–Crippen LogP) is 4.61. The molecule has 0 aliphatic carbocycles. The lowest BCUT2D eigenvalue weighted by atomic mass is 10.1. The third-order valence-corrected chi connectivity index (χ3v) is 5.59. The number of hydrogen-bond donors (Lipinski definition) is 3. The van der Waals surface area contributed by atoms with Crippen LogP contribution in [-0.4, -0.2) is 38.1 Å². The van der Waals surface area contributed by atoms with Gasteiger partial charge in [0.15, 0.2) is 0 Å². The van der Waals surface area contributed by atoms with Crippen LogP contribution in [0.2, 0.25) is 0 Å². The summed E-state index contributed by atoms with van der Waals surface area (Å²) >= 11 is 0. The highest BCUT2D eigenvalue weighted by atomic mass is 16.3. The Morgan fingerprint density at radius 3 is 2.54 bits per heavy atom. The van der Waals surface area contributed by atoms with Crippen LogP contribution in [0.3, 0.4) is 0 Å². The van der Waals surface area contributed by atoms with Crippen molar-refractivity contribution in [1.29, 1.82) is 0 Å². The Morgan fingerprint density at radius 1 is 1.00 bits per heavy atom. The fourth-order valence-corrected chi connectivity index (χ4v) is 3.83. The van der Waals surface area contributed by atoms with Crippen LogP contribution in [0.15, 0.2) is 82.9 Å². The molecule has 1 aliphatic heterocycles. The lowest BCUT2D eigenvalue weighted by molar-refractivity contribution is 0.0955. The fraction of sp³-hybridized carbons (Fsp3) is 0.0370. The summed E-state index contributed by atoms with van der Waals surface area (Å²) in [6, 6.07) is 21.2. The molecular weight excluding hydrogens is 442 g/mol. The van der Waals surface area contributed by atoms with Gasteiger partial charge in [-0.2, -0.15) is 5.10 Å². The lowest BCUT2D eigenvalue weighted by Crippen LogP contribution is -2.17. The number of benzene rings is 3. The molecule has 5 rings (SSSR count). The summed E-state index contributed by atoms with van der Waals surface area (Å²) in [5.41, 5.74) is 7.15. The highest BCUT2D eigenvalue weighted by molar-refractivity contribution is 6.21. The maximum Gasteiger partial charge on any atom is 0.271 e. The molecule has 0 atom stereocenters. The monoisotopic (exact) mass is 463 g/mol. The zero-order valence-corrected chi connectivity index (χ0v) is 18.8. The molecule has 8 heteroatoms. The zero-order chi connectivity index (χ0) is 24.4. The molecule has 1 aromatic heterocycles. The van der Waals surface area contributed by atoms with Gasteiger partial charge >= 0.3 is 0 Å². The van der Waals surface area contributed by atoms with Gasteiger partial charge in [-0.3, -0.25) is 14.4 Å². The van der Waals surface area contributed by atoms with Gasteiger partial charge in [0.25, 0.3) is 5.91 Å². The summed E-state index contributed by atoms with van der Waals surface area (Å²) in [6.45, 7) is 1.80. The molecule has 0 saturated carbocycles. The van der Waals surface area contributed by atoms with Gasteiger partial charge < -0.3 is 10.2 Å². The van der Waals surface area contributed by atoms with E-state index in [1.165, 1.54) is 12.3 Å². The number of phenolic OH excluding ortho intramolecular Hbond substituents is 1. The minimum absolute atomic E-state index is 0.00254. The van der Waals surface area contributed by atoms with Gasteiger partial charge in [0.1, 0.15) is 17.3 Å². The van der Waals surface area contributed by atoms with Crippen LogP contribution in [0.5, 0.6) is 11.6 Å². The minimum atomic E-state index is -0.403. The second-order valence-corrected chi connectivity index (χ2v) is 7.88. The van der Waals surface area contributed by atoms with Crippen LogP contribution in [0.4, 0.5) is 5.69 Å². The molecule has 0 spiro atoms. The Hall–Kier alpha value is -4.98. The van der Waals surface area contributed by atoms with Crippen LogP contribution in [0, 0.1) is 6.92 Å². The first-order valence-electron chi connectivity index (χ1n) is 10.9. The number of hydrogen-bond acceptors (Lipinski definition) is 6. The first-order chi connectivity index (χ1) is 17.0. The van der Waals surface area contributed by atoms with Crippen molar-refractivity contribution in [3.63, 3.8) is 0 Å². The SMILES string of the molecule is Cc1nc(/C=C2\C=Nc3ccccc32)c(O)n1-c1ccc(C(=O)N/N=C/c2ccccc2O)cc1. The number of amides is 1. The fourth-order valence-electron chi connectivity index (χ4n) is 3.83. The van der Waals surface area contributed by atoms with E-state index in [-0.39, 0.29) is 11.6 Å². The van der Waals surface area contributed by atoms with Crippen molar-refractivity contribution in [2.75, 3.05) is 0 Å². The maximum atomic E-state index is 12.4. The van der Waals surface area contributed by atoms with Crippen LogP contribution in [0.1, 0.15) is 33.0 Å². The topological polar surface area (TPSA) is 112 Å². The first kappa shape index (κ1) is 21.8. The molecule has 8 nitrogen and oxygen atoms in total. The molecule has 35 heavy (non-hydrogen) atoms. The minimum Gasteiger partial charge on any atom is -0.507 e. The number of aryl methyl sites for hydroxylation is 1. The smallest absolute Gasteiger partial charge is 0.271 e. The molecule has 0 bridgehead atoms. The zero-order valence-electron chi connectivity index (χ0n) is 18.8. The van der Waals surface area contributed by atoms with Crippen molar-refractivity contribution in [1.82, 2.24) is 15.0 Å². The Balaban J connectivity index is 1.34. The molecule has 0 fully saturated rings. The van der Waals surface area contributed by atoms with Crippen molar-refractivity contribution < 1.29 is 15.0 Å². The van der Waals surface area contributed by atoms with E-state index >= 15 is 0 Å². The lowest BCUT2D eigenvalue weighted by Gasteiger charge is -2.08. The normalized spacial score (nSPS) is 13.5. The van der Waals surface area contributed by atoms with Gasteiger partial charge in [-0.25, -0.2) is 10.4 Å². The summed E-state index contributed by atoms with van der Waals surface area (Å²) in [5.74, 6) is 0.267. The number of nitrogens with one attached hydrogen (secondary N) is 1. The number of aliphatic imine (C=N–C) groups is 1. The van der Waals surface area contributed by atoms with Gasteiger partial charge in [-0.05, 0) is 55.5 Å². The first-order valence-corrected chi connectivity index (χ1v) is 10.9. The second-order valence-electron chi connectivity index (χ2n) is 7.88. The van der Waals surface area contributed by atoms with Crippen molar-refractivity contribution in [3.05, 3.63) is 101 Å². The van der Waals surface area contributed by atoms with Crippen LogP contribution < -0.4 is 5.43 Å². The number of carbonyl (C=O) groups excluding carboxylic acids is 1. The summed E-state index contributed by atoms with van der Waals surface area (Å²) in [4.78, 5) is 21.3. The number of carbonyl (C=O) groups is 1. The Bertz CT molecular complexity index is 1510. The Labute approximate surface area is 201 Å². The number of phenols is 1. The van der Waals surface area contributed by atoms with E-state index in [1.54, 1.807) is 66.2 Å². The average Bonchev–Trinajstić information content (AvgIpc) is 3.40. The van der Waals surface area contributed by atoms with E-state index in [0.717, 1.165) is 16.8 Å². The van der Waals surface area contributed by atoms with Crippen LogP contribution in [-0.2, 0) is 0 Å². The highest BCUT2D eigenvalue weighted by Gasteiger charge is 2.17. The van der Waals surface area contributed by atoms with E-state index in [2.05, 4.69) is 20.5 Å². The molecule has 172 valence electrons. The molecule has 2 heterocycles. The number of aromatic hydroxyl groups is 2. The molecule has 3 N–H and O–H groups in total. The second kappa shape index (κ2) is 9.11. The van der Waals surface area contributed by atoms with Crippen molar-refractivity contribution in [2.24, 2.45) is 10.1 Å². The van der Waals surface area contributed by atoms with Gasteiger partial charge in [0.2, 0.25) is 5.88 Å². The van der Waals surface area contributed by atoms with Crippen LogP contribution >= 0.6 is 0 Å². The third kappa shape index (κ3) is 4.32. The number of imidazole rings is 1. The van der Waals surface area contributed by atoms with E-state index in [9.17, 15) is 15.0 Å². The van der Waals surface area contributed by atoms with E-state index in [0.29, 0.717) is 28.3 Å². The van der Waals surface area contributed by atoms with E-state index in [4.69, 9.17) is 0 Å². The van der Waals surface area contributed by atoms with E-state index in [1.807, 2.05) is 24.3 Å². The summed E-state index contributed by atoms with van der Waals surface area (Å²) < 4.78 is 1.61. The molecule has 0 radical (unpaired) electrons. The number of aromatic nitrogens is 2. The third-order valence-electron chi connectivity index (χ3n) is 5.59. The standard InChI is InChI=1S/C27H21N5O3/c1-17-30-24(14-20-15-28-23-8-4-3-7-22(20)23)27(35)32(17)21-12-10-18(11-13-21)26(34)31-29-16-19-6-2-5-9-25(19)33/h2-16,33,35H,1H3,(H,31,34)/b20-14+,29-16+. The Kier molecular flexibility index (Phi) is 5.68. The molecule has 1 aliphatic rings. The predicted molar refractivity (Wildman–Crippen MR) is 136 cm³/mol. The number of para-hydroxylation sites is 2. The molecule has 0 saturated heterocycles. The Morgan fingerprint density at radius 2 is 1.74 bits per heavy atom. The van der Waals surface area contributed by atoms with Crippen LogP contribution in [0.25, 0.3) is 17.3 Å². The summed E-state index contributed by atoms with van der Waals surface area (Å²) in [6.07, 6.45) is 4.93. The molecule has 3 aromatic carbocycles. The van der Waals surface area contributed by atoms with Crippen molar-refractivity contribution >= 4 is 35.7 Å². The van der Waals surface area contributed by atoms with Gasteiger partial charge in [-0.15, -0.1) is 0 Å².